The molecule has 0 aliphatic rings. The van der Waals surface area contributed by atoms with Gasteiger partial charge in [-0.2, -0.15) is 0 Å². The first-order valence-corrected chi connectivity index (χ1v) is 5.55. The number of rotatable bonds is 8. The Balaban J connectivity index is 3.68. The van der Waals surface area contributed by atoms with Gasteiger partial charge >= 0.3 is 0 Å². The van der Waals surface area contributed by atoms with Gasteiger partial charge in [0, 0.05) is 32.2 Å². The van der Waals surface area contributed by atoms with Gasteiger partial charge in [-0.3, -0.25) is 0 Å². The smallest absolute Gasteiger partial charge is 0.158 e. The molecule has 0 amide bonds. The topological polar surface area (TPSA) is 21.7 Å². The zero-order valence-electron chi connectivity index (χ0n) is 10.2. The Bertz CT molecular complexity index is 122. The molecule has 0 aliphatic carbocycles. The third-order valence-corrected chi connectivity index (χ3v) is 2.30. The van der Waals surface area contributed by atoms with Gasteiger partial charge < -0.3 is 14.4 Å². The minimum absolute atomic E-state index is 0.0359. The van der Waals surface area contributed by atoms with E-state index in [1.165, 1.54) is 0 Å². The van der Waals surface area contributed by atoms with Gasteiger partial charge in [-0.05, 0) is 34.7 Å². The molecule has 0 spiro atoms. The number of nitrogens with zero attached hydrogens (tertiary/aromatic N) is 1. The largest absolute Gasteiger partial charge is 0.353 e. The molecule has 0 unspecified atom stereocenters. The van der Waals surface area contributed by atoms with Crippen molar-refractivity contribution in [3.63, 3.8) is 0 Å². The van der Waals surface area contributed by atoms with Crippen molar-refractivity contribution in [3.05, 3.63) is 0 Å². The van der Waals surface area contributed by atoms with E-state index in [0.717, 1.165) is 26.2 Å². The second-order valence-corrected chi connectivity index (χ2v) is 3.70. The average Bonchev–Trinajstić information content (AvgIpc) is 2.14. The Labute approximate surface area is 88.4 Å². The van der Waals surface area contributed by atoms with Crippen LogP contribution < -0.4 is 0 Å². The van der Waals surface area contributed by atoms with Gasteiger partial charge in [0.1, 0.15) is 0 Å². The van der Waals surface area contributed by atoms with E-state index in [2.05, 4.69) is 25.8 Å². The Hall–Kier alpha value is -0.120. The maximum atomic E-state index is 5.46. The first-order chi connectivity index (χ1) is 6.61. The van der Waals surface area contributed by atoms with Crippen LogP contribution in [0.25, 0.3) is 0 Å². The molecule has 0 saturated heterocycles. The second kappa shape index (κ2) is 8.21. The third kappa shape index (κ3) is 6.35. The summed E-state index contributed by atoms with van der Waals surface area (Å²) in [5.74, 6) is 0. The van der Waals surface area contributed by atoms with Crippen LogP contribution in [0.3, 0.4) is 0 Å². The lowest BCUT2D eigenvalue weighted by Gasteiger charge is -2.24. The Morgan fingerprint density at radius 1 is 1.07 bits per heavy atom. The highest BCUT2D eigenvalue weighted by Gasteiger charge is 2.10. The average molecular weight is 203 g/mol. The summed E-state index contributed by atoms with van der Waals surface area (Å²) in [7, 11) is 2.12. The van der Waals surface area contributed by atoms with Crippen LogP contribution >= 0.6 is 0 Å². The van der Waals surface area contributed by atoms with E-state index < -0.39 is 0 Å². The molecule has 0 fully saturated rings. The van der Waals surface area contributed by atoms with Gasteiger partial charge in [0.25, 0.3) is 0 Å². The monoisotopic (exact) mass is 203 g/mol. The van der Waals surface area contributed by atoms with Crippen molar-refractivity contribution < 1.29 is 9.47 Å². The molecule has 0 radical (unpaired) electrons. The van der Waals surface area contributed by atoms with E-state index in [9.17, 15) is 0 Å². The maximum Gasteiger partial charge on any atom is 0.158 e. The molecule has 0 N–H and O–H groups in total. The van der Waals surface area contributed by atoms with Crippen LogP contribution in [0.2, 0.25) is 0 Å². The molecule has 3 nitrogen and oxygen atoms in total. The van der Waals surface area contributed by atoms with Gasteiger partial charge in [0.15, 0.2) is 6.29 Å². The van der Waals surface area contributed by atoms with E-state index in [1.54, 1.807) is 0 Å². The van der Waals surface area contributed by atoms with Crippen molar-refractivity contribution in [1.82, 2.24) is 4.90 Å². The van der Waals surface area contributed by atoms with E-state index in [0.29, 0.717) is 6.04 Å². The van der Waals surface area contributed by atoms with Crippen molar-refractivity contribution in [2.45, 2.75) is 46.4 Å². The summed E-state index contributed by atoms with van der Waals surface area (Å²) in [6.45, 7) is 10.8. The Kier molecular flexibility index (Phi) is 8.14. The highest BCUT2D eigenvalue weighted by atomic mass is 16.7. The van der Waals surface area contributed by atoms with Gasteiger partial charge in [-0.1, -0.05) is 0 Å². The van der Waals surface area contributed by atoms with E-state index in [-0.39, 0.29) is 6.29 Å². The molecule has 0 aliphatic heterocycles. The molecule has 3 heteroatoms. The second-order valence-electron chi connectivity index (χ2n) is 3.70. The lowest BCUT2D eigenvalue weighted by Crippen LogP contribution is -2.31. The van der Waals surface area contributed by atoms with E-state index in [4.69, 9.17) is 9.47 Å². The van der Waals surface area contributed by atoms with Gasteiger partial charge in [-0.25, -0.2) is 0 Å². The zero-order chi connectivity index (χ0) is 11.0. The lowest BCUT2D eigenvalue weighted by molar-refractivity contribution is -0.141. The molecule has 0 atom stereocenters. The Morgan fingerprint density at radius 2 is 1.57 bits per heavy atom. The van der Waals surface area contributed by atoms with Crippen LogP contribution in [0, 0.1) is 0 Å². The summed E-state index contributed by atoms with van der Waals surface area (Å²) in [5, 5.41) is 0. The van der Waals surface area contributed by atoms with Crippen molar-refractivity contribution in [3.8, 4) is 0 Å². The fourth-order valence-electron chi connectivity index (χ4n) is 1.15. The maximum absolute atomic E-state index is 5.46. The first kappa shape index (κ1) is 13.9. The normalized spacial score (nSPS) is 12.0. The summed E-state index contributed by atoms with van der Waals surface area (Å²) < 4.78 is 10.9. The third-order valence-electron chi connectivity index (χ3n) is 2.30. The first-order valence-electron chi connectivity index (χ1n) is 5.55. The fourth-order valence-corrected chi connectivity index (χ4v) is 1.15. The molecule has 0 aromatic heterocycles. The predicted octanol–water partition coefficient (Wildman–Crippen LogP) is 2.12. The molecular weight excluding hydrogens is 178 g/mol. The minimum Gasteiger partial charge on any atom is -0.353 e. The number of hydrogen-bond acceptors (Lipinski definition) is 3. The summed E-state index contributed by atoms with van der Waals surface area (Å²) >= 11 is 0. The van der Waals surface area contributed by atoms with Crippen molar-refractivity contribution in [2.24, 2.45) is 0 Å². The highest BCUT2D eigenvalue weighted by Crippen LogP contribution is 2.04. The number of hydrogen-bond donors (Lipinski definition) is 0. The molecular formula is C11H25NO2. The van der Waals surface area contributed by atoms with Crippen molar-refractivity contribution in [1.29, 1.82) is 0 Å². The molecule has 0 saturated carbocycles. The molecule has 14 heavy (non-hydrogen) atoms. The van der Waals surface area contributed by atoms with Crippen LogP contribution in [-0.4, -0.2) is 44.0 Å². The molecule has 0 aromatic rings. The summed E-state index contributed by atoms with van der Waals surface area (Å²) in [6.07, 6.45) is 0.905. The number of ether oxygens (including phenoxy) is 2. The molecule has 86 valence electrons. The van der Waals surface area contributed by atoms with Crippen LogP contribution in [-0.2, 0) is 9.47 Å². The van der Waals surface area contributed by atoms with Crippen LogP contribution in [0.4, 0.5) is 0 Å². The standard InChI is InChI=1S/C11H25NO2/c1-6-13-11(14-7-2)8-9-12(5)10(3)4/h10-11H,6-9H2,1-5H3. The zero-order valence-corrected chi connectivity index (χ0v) is 10.2. The van der Waals surface area contributed by atoms with Crippen LogP contribution in [0.1, 0.15) is 34.1 Å². The molecule has 0 rings (SSSR count). The van der Waals surface area contributed by atoms with E-state index in [1.807, 2.05) is 13.8 Å². The summed E-state index contributed by atoms with van der Waals surface area (Å²) in [6, 6.07) is 0.582. The quantitative estimate of drug-likeness (QED) is 0.564. The highest BCUT2D eigenvalue weighted by molar-refractivity contribution is 4.58. The van der Waals surface area contributed by atoms with Crippen LogP contribution in [0.15, 0.2) is 0 Å². The fraction of sp³-hybridized carbons (Fsp3) is 1.00. The SMILES string of the molecule is CCOC(CCN(C)C(C)C)OCC. The van der Waals surface area contributed by atoms with E-state index >= 15 is 0 Å². The van der Waals surface area contributed by atoms with Gasteiger partial charge in [0.05, 0.1) is 0 Å². The van der Waals surface area contributed by atoms with Gasteiger partial charge in [-0.15, -0.1) is 0 Å². The lowest BCUT2D eigenvalue weighted by atomic mass is 10.3. The molecule has 0 bridgehead atoms. The Morgan fingerprint density at radius 3 is 1.93 bits per heavy atom. The van der Waals surface area contributed by atoms with Crippen LogP contribution in [0.5, 0.6) is 0 Å². The summed E-state index contributed by atoms with van der Waals surface area (Å²) in [4.78, 5) is 2.30. The van der Waals surface area contributed by atoms with Crippen molar-refractivity contribution in [2.75, 3.05) is 26.8 Å². The summed E-state index contributed by atoms with van der Waals surface area (Å²) in [5.41, 5.74) is 0. The van der Waals surface area contributed by atoms with Crippen molar-refractivity contribution >= 4 is 0 Å². The minimum atomic E-state index is -0.0359. The molecule has 0 heterocycles. The molecule has 0 aromatic carbocycles. The van der Waals surface area contributed by atoms with Gasteiger partial charge in [0.2, 0.25) is 0 Å². The predicted molar refractivity (Wildman–Crippen MR) is 59.4 cm³/mol.